The van der Waals surface area contributed by atoms with Crippen molar-refractivity contribution >= 4 is 0 Å². The zero-order valence-electron chi connectivity index (χ0n) is 6.21. The fourth-order valence-corrected chi connectivity index (χ4v) is 1.22. The number of aliphatic hydroxyl groups is 1. The van der Waals surface area contributed by atoms with Crippen LogP contribution in [0, 0.1) is 0 Å². The van der Waals surface area contributed by atoms with Gasteiger partial charge in [-0.25, -0.2) is 0 Å². The van der Waals surface area contributed by atoms with Crippen LogP contribution in [-0.4, -0.2) is 30.3 Å². The Morgan fingerprint density at radius 1 is 1.40 bits per heavy atom. The van der Waals surface area contributed by atoms with Gasteiger partial charge in [-0.1, -0.05) is 0 Å². The molecular formula is C7H16N2O. The lowest BCUT2D eigenvalue weighted by molar-refractivity contribution is 0.125. The van der Waals surface area contributed by atoms with Crippen molar-refractivity contribution in [2.24, 2.45) is 5.73 Å². The second-order valence-corrected chi connectivity index (χ2v) is 2.93. The first-order valence-electron chi connectivity index (χ1n) is 3.95. The molecule has 0 amide bonds. The van der Waals surface area contributed by atoms with E-state index >= 15 is 0 Å². The summed E-state index contributed by atoms with van der Waals surface area (Å²) in [6.07, 6.45) is 2.81. The largest absolute Gasteiger partial charge is 0.391 e. The normalized spacial score (nSPS) is 36.6. The van der Waals surface area contributed by atoms with Crippen molar-refractivity contribution in [2.75, 3.05) is 13.1 Å². The Labute approximate surface area is 61.6 Å². The molecule has 1 unspecified atom stereocenters. The molecule has 2 atom stereocenters. The molecule has 3 nitrogen and oxygen atoms in total. The third kappa shape index (κ3) is 2.25. The van der Waals surface area contributed by atoms with Crippen LogP contribution < -0.4 is 11.1 Å². The summed E-state index contributed by atoms with van der Waals surface area (Å²) >= 11 is 0. The molecule has 1 rings (SSSR count). The van der Waals surface area contributed by atoms with Gasteiger partial charge in [0.15, 0.2) is 0 Å². The first kappa shape index (κ1) is 7.98. The van der Waals surface area contributed by atoms with E-state index in [-0.39, 0.29) is 12.1 Å². The lowest BCUT2D eigenvalue weighted by Crippen LogP contribution is -2.44. The first-order chi connectivity index (χ1) is 4.80. The van der Waals surface area contributed by atoms with Crippen molar-refractivity contribution in [3.05, 3.63) is 0 Å². The molecule has 4 N–H and O–H groups in total. The molecule has 0 bridgehead atoms. The summed E-state index contributed by atoms with van der Waals surface area (Å²) in [5.41, 5.74) is 5.64. The monoisotopic (exact) mass is 144 g/mol. The summed E-state index contributed by atoms with van der Waals surface area (Å²) in [7, 11) is 0. The van der Waals surface area contributed by atoms with E-state index in [4.69, 9.17) is 5.73 Å². The number of hydrogen-bond donors (Lipinski definition) is 3. The van der Waals surface area contributed by atoms with Crippen LogP contribution in [0.5, 0.6) is 0 Å². The Kier molecular flexibility index (Phi) is 3.12. The quantitative estimate of drug-likeness (QED) is 0.427. The molecule has 1 saturated heterocycles. The highest BCUT2D eigenvalue weighted by Crippen LogP contribution is 2.05. The third-order valence-electron chi connectivity index (χ3n) is 1.98. The first-order valence-corrected chi connectivity index (χ1v) is 3.95. The topological polar surface area (TPSA) is 58.3 Å². The van der Waals surface area contributed by atoms with E-state index in [0.717, 1.165) is 32.4 Å². The molecule has 1 fully saturated rings. The van der Waals surface area contributed by atoms with Crippen LogP contribution in [0.15, 0.2) is 0 Å². The van der Waals surface area contributed by atoms with Crippen LogP contribution in [0.2, 0.25) is 0 Å². The molecule has 60 valence electrons. The standard InChI is InChI=1S/C7H16N2O/c8-6-5-9-4-2-1-3-7(6)10/h6-7,9-10H,1-5,8H2/t6?,7-/m0/s1. The number of aliphatic hydroxyl groups excluding tert-OH is 1. The molecule has 1 heterocycles. The summed E-state index contributed by atoms with van der Waals surface area (Å²) < 4.78 is 0. The van der Waals surface area contributed by atoms with E-state index in [9.17, 15) is 5.11 Å². The Balaban J connectivity index is 2.28. The molecule has 0 spiro atoms. The van der Waals surface area contributed by atoms with Gasteiger partial charge in [-0.2, -0.15) is 0 Å². The van der Waals surface area contributed by atoms with Crippen molar-refractivity contribution in [3.63, 3.8) is 0 Å². The second-order valence-electron chi connectivity index (χ2n) is 2.93. The predicted molar refractivity (Wildman–Crippen MR) is 40.7 cm³/mol. The zero-order chi connectivity index (χ0) is 7.40. The average molecular weight is 144 g/mol. The Bertz CT molecular complexity index is 85.6. The number of hydrogen-bond acceptors (Lipinski definition) is 3. The van der Waals surface area contributed by atoms with Gasteiger partial charge in [0.1, 0.15) is 0 Å². The van der Waals surface area contributed by atoms with Crippen molar-refractivity contribution in [2.45, 2.75) is 31.4 Å². The predicted octanol–water partition coefficient (Wildman–Crippen LogP) is -0.552. The highest BCUT2D eigenvalue weighted by Gasteiger charge is 2.15. The summed E-state index contributed by atoms with van der Waals surface area (Å²) in [4.78, 5) is 0. The Hall–Kier alpha value is -0.120. The van der Waals surface area contributed by atoms with E-state index < -0.39 is 0 Å². The summed E-state index contributed by atoms with van der Waals surface area (Å²) in [5.74, 6) is 0. The second kappa shape index (κ2) is 3.91. The van der Waals surface area contributed by atoms with E-state index in [0.29, 0.717) is 0 Å². The molecule has 0 aromatic heterocycles. The maximum atomic E-state index is 9.32. The molecule has 1 aliphatic rings. The molecule has 0 radical (unpaired) electrons. The van der Waals surface area contributed by atoms with Crippen LogP contribution in [0.25, 0.3) is 0 Å². The van der Waals surface area contributed by atoms with Crippen molar-refractivity contribution in [1.29, 1.82) is 0 Å². The van der Waals surface area contributed by atoms with E-state index in [1.807, 2.05) is 0 Å². The molecule has 10 heavy (non-hydrogen) atoms. The van der Waals surface area contributed by atoms with Crippen molar-refractivity contribution < 1.29 is 5.11 Å². The lowest BCUT2D eigenvalue weighted by atomic mass is 10.0. The summed E-state index contributed by atoms with van der Waals surface area (Å²) in [6.45, 7) is 1.79. The molecule has 0 aromatic carbocycles. The fourth-order valence-electron chi connectivity index (χ4n) is 1.22. The highest BCUT2D eigenvalue weighted by molar-refractivity contribution is 4.76. The number of rotatable bonds is 0. The average Bonchev–Trinajstić information content (AvgIpc) is 1.92. The van der Waals surface area contributed by atoms with Crippen LogP contribution in [0.1, 0.15) is 19.3 Å². The van der Waals surface area contributed by atoms with Crippen LogP contribution in [0.3, 0.4) is 0 Å². The van der Waals surface area contributed by atoms with Gasteiger partial charge in [-0.3, -0.25) is 0 Å². The Morgan fingerprint density at radius 2 is 2.20 bits per heavy atom. The smallest absolute Gasteiger partial charge is 0.0703 e. The molecular weight excluding hydrogens is 128 g/mol. The minimum atomic E-state index is -0.298. The minimum absolute atomic E-state index is 0.0692. The van der Waals surface area contributed by atoms with Gasteiger partial charge in [0.25, 0.3) is 0 Å². The zero-order valence-corrected chi connectivity index (χ0v) is 6.21. The van der Waals surface area contributed by atoms with Gasteiger partial charge >= 0.3 is 0 Å². The highest BCUT2D eigenvalue weighted by atomic mass is 16.3. The summed E-state index contributed by atoms with van der Waals surface area (Å²) in [6, 6.07) is -0.0692. The number of nitrogens with one attached hydrogen (secondary N) is 1. The van der Waals surface area contributed by atoms with Crippen molar-refractivity contribution in [3.8, 4) is 0 Å². The Morgan fingerprint density at radius 3 is 3.00 bits per heavy atom. The molecule has 0 saturated carbocycles. The lowest BCUT2D eigenvalue weighted by Gasteiger charge is -2.21. The number of nitrogens with two attached hydrogens (primary N) is 1. The molecule has 0 aliphatic carbocycles. The molecule has 0 aromatic rings. The third-order valence-corrected chi connectivity index (χ3v) is 1.98. The van der Waals surface area contributed by atoms with Gasteiger partial charge in [0, 0.05) is 12.6 Å². The maximum Gasteiger partial charge on any atom is 0.0703 e. The van der Waals surface area contributed by atoms with Gasteiger partial charge in [0.2, 0.25) is 0 Å². The van der Waals surface area contributed by atoms with E-state index in [1.165, 1.54) is 0 Å². The van der Waals surface area contributed by atoms with Gasteiger partial charge < -0.3 is 16.2 Å². The fraction of sp³-hybridized carbons (Fsp3) is 1.00. The maximum absolute atomic E-state index is 9.32. The van der Waals surface area contributed by atoms with Gasteiger partial charge in [0.05, 0.1) is 6.10 Å². The van der Waals surface area contributed by atoms with Gasteiger partial charge in [-0.15, -0.1) is 0 Å². The van der Waals surface area contributed by atoms with Crippen LogP contribution in [0.4, 0.5) is 0 Å². The van der Waals surface area contributed by atoms with Crippen molar-refractivity contribution in [1.82, 2.24) is 5.32 Å². The summed E-state index contributed by atoms with van der Waals surface area (Å²) in [5, 5.41) is 12.5. The van der Waals surface area contributed by atoms with Crippen LogP contribution >= 0.6 is 0 Å². The molecule has 3 heteroatoms. The van der Waals surface area contributed by atoms with Crippen LogP contribution in [-0.2, 0) is 0 Å². The van der Waals surface area contributed by atoms with E-state index in [1.54, 1.807) is 0 Å². The van der Waals surface area contributed by atoms with E-state index in [2.05, 4.69) is 5.32 Å². The molecule has 1 aliphatic heterocycles. The minimum Gasteiger partial charge on any atom is -0.391 e. The SMILES string of the molecule is NC1CNCCCC[C@@H]1O. The van der Waals surface area contributed by atoms with Gasteiger partial charge in [-0.05, 0) is 25.8 Å².